The second-order valence-corrected chi connectivity index (χ2v) is 7.59. The van der Waals surface area contributed by atoms with Crippen LogP contribution in [0.25, 0.3) is 0 Å². The molecule has 2 atom stereocenters. The second kappa shape index (κ2) is 11.2. The van der Waals surface area contributed by atoms with Gasteiger partial charge in [0.2, 0.25) is 11.8 Å². The summed E-state index contributed by atoms with van der Waals surface area (Å²) in [6.07, 6.45) is -0.585. The minimum Gasteiger partial charge on any atom is -0.445 e. The van der Waals surface area contributed by atoms with E-state index in [2.05, 4.69) is 10.6 Å². The Morgan fingerprint density at radius 2 is 1.63 bits per heavy atom. The number of ether oxygens (including phenoxy) is 1. The van der Waals surface area contributed by atoms with Crippen LogP contribution >= 0.6 is 11.6 Å². The molecule has 0 spiro atoms. The van der Waals surface area contributed by atoms with Crippen LogP contribution in [-0.4, -0.2) is 30.0 Å². The smallest absolute Gasteiger partial charge is 0.408 e. The Hall–Kier alpha value is -3.06. The van der Waals surface area contributed by atoms with Crippen molar-refractivity contribution in [2.75, 3.05) is 0 Å². The molecule has 0 aliphatic heterocycles. The number of halogens is 1. The summed E-state index contributed by atoms with van der Waals surface area (Å²) in [5.41, 5.74) is 6.97. The molecule has 0 aromatic heterocycles. The number of carbonyl (C=O) groups is 3. The summed E-state index contributed by atoms with van der Waals surface area (Å²) in [5.74, 6) is -1.47. The van der Waals surface area contributed by atoms with E-state index in [9.17, 15) is 14.4 Å². The van der Waals surface area contributed by atoms with Crippen LogP contribution in [-0.2, 0) is 27.4 Å². The zero-order valence-corrected chi connectivity index (χ0v) is 17.7. The summed E-state index contributed by atoms with van der Waals surface area (Å²) in [6, 6.07) is 14.3. The van der Waals surface area contributed by atoms with Gasteiger partial charge < -0.3 is 21.1 Å². The highest BCUT2D eigenvalue weighted by Gasteiger charge is 2.28. The van der Waals surface area contributed by atoms with Crippen molar-refractivity contribution in [3.8, 4) is 0 Å². The fourth-order valence-electron chi connectivity index (χ4n) is 2.79. The zero-order chi connectivity index (χ0) is 22.1. The van der Waals surface area contributed by atoms with Crippen LogP contribution in [0.1, 0.15) is 25.0 Å². The molecule has 0 aliphatic carbocycles. The van der Waals surface area contributed by atoms with Gasteiger partial charge in [-0.3, -0.25) is 9.59 Å². The van der Waals surface area contributed by atoms with Crippen LogP contribution in [0.15, 0.2) is 54.6 Å². The monoisotopic (exact) mass is 431 g/mol. The van der Waals surface area contributed by atoms with Crippen LogP contribution in [0.5, 0.6) is 0 Å². The van der Waals surface area contributed by atoms with Crippen molar-refractivity contribution in [2.24, 2.45) is 11.7 Å². The quantitative estimate of drug-likeness (QED) is 0.566. The van der Waals surface area contributed by atoms with Crippen molar-refractivity contribution in [3.63, 3.8) is 0 Å². The number of primary amides is 1. The van der Waals surface area contributed by atoms with E-state index in [4.69, 9.17) is 22.1 Å². The SMILES string of the molecule is CC(C)[C@H](NC(=O)OCc1ccccc1)C(=O)N[C@@H](Cc1ccccc1Cl)C(N)=O. The van der Waals surface area contributed by atoms with E-state index in [1.165, 1.54) is 0 Å². The first kappa shape index (κ1) is 23.2. The van der Waals surface area contributed by atoms with Gasteiger partial charge in [0.1, 0.15) is 18.7 Å². The van der Waals surface area contributed by atoms with Crippen LogP contribution in [0.2, 0.25) is 5.02 Å². The predicted octanol–water partition coefficient (Wildman–Crippen LogP) is 2.80. The van der Waals surface area contributed by atoms with E-state index in [0.29, 0.717) is 10.6 Å². The van der Waals surface area contributed by atoms with Crippen molar-refractivity contribution in [1.82, 2.24) is 10.6 Å². The van der Waals surface area contributed by atoms with Gasteiger partial charge in [-0.25, -0.2) is 4.79 Å². The van der Waals surface area contributed by atoms with Gasteiger partial charge >= 0.3 is 6.09 Å². The normalized spacial score (nSPS) is 12.7. The molecule has 0 saturated heterocycles. The van der Waals surface area contributed by atoms with Crippen molar-refractivity contribution in [3.05, 3.63) is 70.7 Å². The molecule has 0 fully saturated rings. The lowest BCUT2D eigenvalue weighted by molar-refractivity contribution is -0.129. The van der Waals surface area contributed by atoms with Crippen LogP contribution in [0, 0.1) is 5.92 Å². The molecule has 2 aromatic rings. The van der Waals surface area contributed by atoms with Crippen molar-refractivity contribution < 1.29 is 19.1 Å². The summed E-state index contributed by atoms with van der Waals surface area (Å²) in [7, 11) is 0. The molecule has 2 aromatic carbocycles. The molecular weight excluding hydrogens is 406 g/mol. The lowest BCUT2D eigenvalue weighted by Gasteiger charge is -2.24. The number of amides is 3. The van der Waals surface area contributed by atoms with Crippen molar-refractivity contribution in [2.45, 2.75) is 39.0 Å². The number of nitrogens with two attached hydrogens (primary N) is 1. The third-order valence-corrected chi connectivity index (χ3v) is 4.85. The number of carbonyl (C=O) groups excluding carboxylic acids is 3. The minimum atomic E-state index is -0.971. The molecular formula is C22H26ClN3O4. The largest absolute Gasteiger partial charge is 0.445 e. The lowest BCUT2D eigenvalue weighted by atomic mass is 10.0. The average Bonchev–Trinajstić information content (AvgIpc) is 2.71. The molecule has 0 saturated carbocycles. The predicted molar refractivity (Wildman–Crippen MR) is 115 cm³/mol. The molecule has 0 unspecified atom stereocenters. The standard InChI is InChI=1S/C22H26ClN3O4/c1-14(2)19(26-22(29)30-13-15-8-4-3-5-9-15)21(28)25-18(20(24)27)12-16-10-6-7-11-17(16)23/h3-11,14,18-19H,12-13H2,1-2H3,(H2,24,27)(H,25,28)(H,26,29)/t18-,19-/m0/s1. The fourth-order valence-corrected chi connectivity index (χ4v) is 3.01. The van der Waals surface area contributed by atoms with E-state index in [-0.39, 0.29) is 18.9 Å². The molecule has 2 rings (SSSR count). The number of hydrogen-bond donors (Lipinski definition) is 3. The second-order valence-electron chi connectivity index (χ2n) is 7.19. The average molecular weight is 432 g/mol. The highest BCUT2D eigenvalue weighted by molar-refractivity contribution is 6.31. The maximum absolute atomic E-state index is 12.8. The first-order valence-corrected chi connectivity index (χ1v) is 9.96. The summed E-state index contributed by atoms with van der Waals surface area (Å²) in [5, 5.41) is 5.64. The van der Waals surface area contributed by atoms with E-state index in [0.717, 1.165) is 5.56 Å². The van der Waals surface area contributed by atoms with Gasteiger partial charge in [-0.15, -0.1) is 0 Å². The number of alkyl carbamates (subject to hydrolysis) is 1. The molecule has 4 N–H and O–H groups in total. The van der Waals surface area contributed by atoms with E-state index in [1.54, 1.807) is 38.1 Å². The first-order valence-electron chi connectivity index (χ1n) is 9.58. The van der Waals surface area contributed by atoms with E-state index < -0.39 is 30.0 Å². The molecule has 8 heteroatoms. The minimum absolute atomic E-state index is 0.0789. The van der Waals surface area contributed by atoms with Gasteiger partial charge in [0.25, 0.3) is 0 Å². The summed E-state index contributed by atoms with van der Waals surface area (Å²) < 4.78 is 5.18. The molecule has 30 heavy (non-hydrogen) atoms. The van der Waals surface area contributed by atoms with Crippen LogP contribution in [0.3, 0.4) is 0 Å². The molecule has 0 heterocycles. The molecule has 0 radical (unpaired) electrons. The Morgan fingerprint density at radius 3 is 2.23 bits per heavy atom. The number of nitrogens with one attached hydrogen (secondary N) is 2. The van der Waals surface area contributed by atoms with Gasteiger partial charge in [-0.2, -0.15) is 0 Å². The Labute approximate surface area is 180 Å². The first-order chi connectivity index (χ1) is 14.3. The lowest BCUT2D eigenvalue weighted by Crippen LogP contribution is -2.55. The van der Waals surface area contributed by atoms with Gasteiger partial charge in [0, 0.05) is 11.4 Å². The Bertz CT molecular complexity index is 874. The number of hydrogen-bond acceptors (Lipinski definition) is 4. The topological polar surface area (TPSA) is 111 Å². The number of benzene rings is 2. The maximum Gasteiger partial charge on any atom is 0.408 e. The summed E-state index contributed by atoms with van der Waals surface area (Å²) >= 11 is 6.14. The molecule has 3 amide bonds. The molecule has 0 bridgehead atoms. The van der Waals surface area contributed by atoms with Crippen molar-refractivity contribution >= 4 is 29.5 Å². The Morgan fingerprint density at radius 1 is 1.00 bits per heavy atom. The zero-order valence-electron chi connectivity index (χ0n) is 16.9. The number of rotatable bonds is 9. The maximum atomic E-state index is 12.8. The molecule has 160 valence electrons. The molecule has 0 aliphatic rings. The third-order valence-electron chi connectivity index (χ3n) is 4.48. The highest BCUT2D eigenvalue weighted by atomic mass is 35.5. The van der Waals surface area contributed by atoms with Gasteiger partial charge in [-0.05, 0) is 23.1 Å². The fraction of sp³-hybridized carbons (Fsp3) is 0.318. The summed E-state index contributed by atoms with van der Waals surface area (Å²) in [4.78, 5) is 36.8. The summed E-state index contributed by atoms with van der Waals surface area (Å²) in [6.45, 7) is 3.62. The van der Waals surface area contributed by atoms with E-state index >= 15 is 0 Å². The Balaban J connectivity index is 1.99. The van der Waals surface area contributed by atoms with Gasteiger partial charge in [0.05, 0.1) is 0 Å². The highest BCUT2D eigenvalue weighted by Crippen LogP contribution is 2.17. The van der Waals surface area contributed by atoms with Crippen LogP contribution in [0.4, 0.5) is 4.79 Å². The third kappa shape index (κ3) is 7.08. The van der Waals surface area contributed by atoms with Crippen LogP contribution < -0.4 is 16.4 Å². The van der Waals surface area contributed by atoms with Crippen molar-refractivity contribution in [1.29, 1.82) is 0 Å². The Kier molecular flexibility index (Phi) is 8.68. The van der Waals surface area contributed by atoms with Gasteiger partial charge in [-0.1, -0.05) is 74.0 Å². The van der Waals surface area contributed by atoms with E-state index in [1.807, 2.05) is 30.3 Å². The molecule has 7 nitrogen and oxygen atoms in total. The van der Waals surface area contributed by atoms with Gasteiger partial charge in [0.15, 0.2) is 0 Å².